The zero-order chi connectivity index (χ0) is 10.6. The molecule has 0 saturated heterocycles. The highest BCUT2D eigenvalue weighted by molar-refractivity contribution is 4.88. The lowest BCUT2D eigenvalue weighted by atomic mass is 9.82. The van der Waals surface area contributed by atoms with E-state index in [0.29, 0.717) is 11.5 Å². The van der Waals surface area contributed by atoms with Gasteiger partial charge in [-0.3, -0.25) is 0 Å². The Balaban J connectivity index is 2.31. The highest BCUT2D eigenvalue weighted by atomic mass is 16.5. The molecule has 2 nitrogen and oxygen atoms in total. The summed E-state index contributed by atoms with van der Waals surface area (Å²) in [5.74, 6) is 0.859. The van der Waals surface area contributed by atoms with Crippen LogP contribution in [-0.4, -0.2) is 19.3 Å². The maximum atomic E-state index is 5.89. The predicted octanol–water partition coefficient (Wildman–Crippen LogP) is 2.57. The first-order valence-corrected chi connectivity index (χ1v) is 5.90. The van der Waals surface area contributed by atoms with E-state index in [9.17, 15) is 0 Å². The third-order valence-electron chi connectivity index (χ3n) is 3.47. The summed E-state index contributed by atoms with van der Waals surface area (Å²) in [6.45, 7) is 8.22. The van der Waals surface area contributed by atoms with Gasteiger partial charge >= 0.3 is 0 Å². The van der Waals surface area contributed by atoms with Crippen molar-refractivity contribution in [3.8, 4) is 0 Å². The summed E-state index contributed by atoms with van der Waals surface area (Å²) in [6, 6.07) is 0. The van der Waals surface area contributed by atoms with Gasteiger partial charge in [-0.05, 0) is 51.0 Å². The quantitative estimate of drug-likeness (QED) is 0.738. The predicted molar refractivity (Wildman–Crippen MR) is 60.2 cm³/mol. The van der Waals surface area contributed by atoms with Crippen LogP contribution in [0.25, 0.3) is 0 Å². The monoisotopic (exact) mass is 199 g/mol. The second-order valence-corrected chi connectivity index (χ2v) is 5.22. The van der Waals surface area contributed by atoms with Gasteiger partial charge in [0.2, 0.25) is 0 Å². The summed E-state index contributed by atoms with van der Waals surface area (Å²) >= 11 is 0. The largest absolute Gasteiger partial charge is 0.379 e. The van der Waals surface area contributed by atoms with Crippen LogP contribution in [-0.2, 0) is 4.74 Å². The van der Waals surface area contributed by atoms with Crippen LogP contribution in [0.15, 0.2) is 0 Å². The zero-order valence-electron chi connectivity index (χ0n) is 9.88. The molecule has 0 aromatic carbocycles. The van der Waals surface area contributed by atoms with Gasteiger partial charge in [-0.15, -0.1) is 0 Å². The van der Waals surface area contributed by atoms with Gasteiger partial charge in [-0.25, -0.2) is 0 Å². The van der Waals surface area contributed by atoms with Gasteiger partial charge in [-0.2, -0.15) is 0 Å². The maximum Gasteiger partial charge on any atom is 0.0518 e. The van der Waals surface area contributed by atoms with Crippen LogP contribution < -0.4 is 5.73 Å². The van der Waals surface area contributed by atoms with Crippen molar-refractivity contribution >= 4 is 0 Å². The van der Waals surface area contributed by atoms with Crippen molar-refractivity contribution in [2.24, 2.45) is 17.1 Å². The smallest absolute Gasteiger partial charge is 0.0518 e. The molecule has 1 aliphatic carbocycles. The first-order chi connectivity index (χ1) is 6.58. The van der Waals surface area contributed by atoms with Crippen LogP contribution in [0.3, 0.4) is 0 Å². The minimum atomic E-state index is 0.351. The number of hydrogen-bond donors (Lipinski definition) is 1. The van der Waals surface area contributed by atoms with E-state index in [4.69, 9.17) is 10.5 Å². The Morgan fingerprint density at radius 2 is 2.21 bits per heavy atom. The van der Waals surface area contributed by atoms with Crippen molar-refractivity contribution in [2.75, 3.05) is 13.2 Å². The van der Waals surface area contributed by atoms with Crippen molar-refractivity contribution in [3.05, 3.63) is 0 Å². The van der Waals surface area contributed by atoms with Crippen LogP contribution in [0, 0.1) is 11.3 Å². The normalized spacial score (nSPS) is 32.8. The number of hydrogen-bond acceptors (Lipinski definition) is 2. The molecule has 0 aromatic heterocycles. The third-order valence-corrected chi connectivity index (χ3v) is 3.47. The van der Waals surface area contributed by atoms with Crippen molar-refractivity contribution < 1.29 is 4.74 Å². The molecule has 0 amide bonds. The molecule has 0 heterocycles. The molecule has 0 spiro atoms. The zero-order valence-corrected chi connectivity index (χ0v) is 9.88. The third kappa shape index (κ3) is 3.25. The van der Waals surface area contributed by atoms with Crippen LogP contribution in [0.1, 0.15) is 46.5 Å². The summed E-state index contributed by atoms with van der Waals surface area (Å²) < 4.78 is 5.61. The second kappa shape index (κ2) is 5.13. The van der Waals surface area contributed by atoms with Crippen molar-refractivity contribution in [1.82, 2.24) is 0 Å². The average Bonchev–Trinajstić information content (AvgIpc) is 2.48. The van der Waals surface area contributed by atoms with E-state index in [1.54, 1.807) is 0 Å². The molecule has 1 rings (SSSR count). The molecule has 2 atom stereocenters. The lowest BCUT2D eigenvalue weighted by Crippen LogP contribution is -2.29. The molecule has 2 N–H and O–H groups in total. The van der Waals surface area contributed by atoms with Gasteiger partial charge in [0, 0.05) is 6.61 Å². The summed E-state index contributed by atoms with van der Waals surface area (Å²) in [7, 11) is 0. The van der Waals surface area contributed by atoms with Crippen molar-refractivity contribution in [1.29, 1.82) is 0 Å². The average molecular weight is 199 g/mol. The summed E-state index contributed by atoms with van der Waals surface area (Å²) in [4.78, 5) is 0. The highest BCUT2D eigenvalue weighted by Crippen LogP contribution is 2.43. The molecule has 0 aliphatic heterocycles. The summed E-state index contributed by atoms with van der Waals surface area (Å²) in [6.07, 6.45) is 5.44. The van der Waals surface area contributed by atoms with E-state index in [2.05, 4.69) is 20.8 Å². The lowest BCUT2D eigenvalue weighted by Gasteiger charge is -2.27. The Morgan fingerprint density at radius 1 is 1.50 bits per heavy atom. The van der Waals surface area contributed by atoms with Crippen LogP contribution in [0.5, 0.6) is 0 Å². The molecule has 84 valence electrons. The molecule has 2 heteroatoms. The Labute approximate surface area is 88.2 Å². The van der Waals surface area contributed by atoms with E-state index in [1.165, 1.54) is 19.3 Å². The topological polar surface area (TPSA) is 35.2 Å². The molecule has 0 aromatic rings. The fraction of sp³-hybridized carbons (Fsp3) is 1.00. The van der Waals surface area contributed by atoms with Crippen LogP contribution >= 0.6 is 0 Å². The minimum Gasteiger partial charge on any atom is -0.379 e. The van der Waals surface area contributed by atoms with Gasteiger partial charge in [0.15, 0.2) is 0 Å². The van der Waals surface area contributed by atoms with Gasteiger partial charge in [0.05, 0.1) is 6.10 Å². The molecule has 0 radical (unpaired) electrons. The molecule has 1 aliphatic rings. The fourth-order valence-electron chi connectivity index (χ4n) is 2.52. The SMILES string of the molecule is CC1CCC(CN)(CCOC(C)C)C1. The number of nitrogens with two attached hydrogens (primary N) is 1. The van der Waals surface area contributed by atoms with Gasteiger partial charge < -0.3 is 10.5 Å². The van der Waals surface area contributed by atoms with E-state index < -0.39 is 0 Å². The Bertz CT molecular complexity index is 170. The number of rotatable bonds is 5. The van der Waals surface area contributed by atoms with E-state index in [0.717, 1.165) is 25.5 Å². The van der Waals surface area contributed by atoms with E-state index >= 15 is 0 Å². The Morgan fingerprint density at radius 3 is 2.64 bits per heavy atom. The van der Waals surface area contributed by atoms with Crippen molar-refractivity contribution in [2.45, 2.75) is 52.6 Å². The molecule has 1 saturated carbocycles. The molecular weight excluding hydrogens is 174 g/mol. The first-order valence-electron chi connectivity index (χ1n) is 5.90. The minimum absolute atomic E-state index is 0.351. The Hall–Kier alpha value is -0.0800. The molecule has 1 fully saturated rings. The van der Waals surface area contributed by atoms with Crippen LogP contribution in [0.2, 0.25) is 0 Å². The second-order valence-electron chi connectivity index (χ2n) is 5.22. The number of ether oxygens (including phenoxy) is 1. The molecule has 0 bridgehead atoms. The fourth-order valence-corrected chi connectivity index (χ4v) is 2.52. The van der Waals surface area contributed by atoms with Gasteiger partial charge in [0.25, 0.3) is 0 Å². The standard InChI is InChI=1S/C12H25NO/c1-10(2)14-7-6-12(9-13)5-4-11(3)8-12/h10-11H,4-9,13H2,1-3H3. The molecule has 2 unspecified atom stereocenters. The summed E-state index contributed by atoms with van der Waals surface area (Å²) in [5, 5.41) is 0. The van der Waals surface area contributed by atoms with E-state index in [-0.39, 0.29) is 0 Å². The van der Waals surface area contributed by atoms with E-state index in [1.807, 2.05) is 0 Å². The van der Waals surface area contributed by atoms with Gasteiger partial charge in [-0.1, -0.05) is 13.3 Å². The van der Waals surface area contributed by atoms with Crippen molar-refractivity contribution in [3.63, 3.8) is 0 Å². The van der Waals surface area contributed by atoms with Gasteiger partial charge in [0.1, 0.15) is 0 Å². The maximum absolute atomic E-state index is 5.89. The molecule has 14 heavy (non-hydrogen) atoms. The Kier molecular flexibility index (Phi) is 4.39. The lowest BCUT2D eigenvalue weighted by molar-refractivity contribution is 0.0525. The molecular formula is C12H25NO. The highest BCUT2D eigenvalue weighted by Gasteiger charge is 2.35. The first kappa shape index (κ1) is 12.0. The summed E-state index contributed by atoms with van der Waals surface area (Å²) in [5.41, 5.74) is 6.29. The van der Waals surface area contributed by atoms with Crippen LogP contribution in [0.4, 0.5) is 0 Å².